The van der Waals surface area contributed by atoms with Gasteiger partial charge in [-0.25, -0.2) is 25.0 Å². The zero-order valence-electron chi connectivity index (χ0n) is 29.4. The minimum atomic E-state index is 0.614. The zero-order valence-corrected chi connectivity index (χ0v) is 29.4. The van der Waals surface area contributed by atoms with Gasteiger partial charge in [0.15, 0.2) is 23.3 Å². The predicted molar refractivity (Wildman–Crippen MR) is 203 cm³/mol. The number of aryl methyl sites for hydroxylation is 8. The third kappa shape index (κ3) is 4.98. The maximum absolute atomic E-state index is 5.21. The maximum Gasteiger partial charge on any atom is 0.164 e. The predicted octanol–water partition coefficient (Wildman–Crippen LogP) is 8.11. The molecule has 0 saturated heterocycles. The van der Waals surface area contributed by atoms with Gasteiger partial charge in [0.2, 0.25) is 0 Å². The van der Waals surface area contributed by atoms with E-state index in [2.05, 4.69) is 119 Å². The van der Waals surface area contributed by atoms with E-state index in [0.717, 1.165) is 50.0 Å². The first-order valence-electron chi connectivity index (χ1n) is 16.6. The van der Waals surface area contributed by atoms with Crippen LogP contribution in [0.25, 0.3) is 10.8 Å². The number of amidine groups is 6. The van der Waals surface area contributed by atoms with Crippen molar-refractivity contribution in [2.24, 2.45) is 30.0 Å². The minimum absolute atomic E-state index is 0.614. The number of rotatable bonds is 1. The fourth-order valence-electron chi connectivity index (χ4n) is 6.67. The first kappa shape index (κ1) is 30.6. The van der Waals surface area contributed by atoms with Crippen LogP contribution in [0.4, 0.5) is 5.82 Å². The number of fused-ring (bicyclic) bond motifs is 4. The zero-order chi connectivity index (χ0) is 34.3. The lowest BCUT2D eigenvalue weighted by atomic mass is 9.99. The van der Waals surface area contributed by atoms with Crippen molar-refractivity contribution in [1.82, 2.24) is 10.3 Å². The Kier molecular flexibility index (Phi) is 6.96. The van der Waals surface area contributed by atoms with Crippen molar-refractivity contribution in [3.05, 3.63) is 133 Å². The number of aliphatic imine (C=N–C) groups is 6. The molecule has 8 nitrogen and oxygen atoms in total. The Balaban J connectivity index is 1.26. The molecule has 3 aliphatic rings. The highest BCUT2D eigenvalue weighted by Crippen LogP contribution is 2.32. The molecule has 49 heavy (non-hydrogen) atoms. The average Bonchev–Trinajstić information content (AvgIpc) is 3.79. The SMILES string of the molecule is CN=C1N=C(N=C2NC(=NC3=NC(=Nc4[nH]cc5cc(C)c(C)cc45)c4cc(C)c(C)cc43)c3cc(C)c(C)cc32)c2cc(C)c(C)cc21. The van der Waals surface area contributed by atoms with Gasteiger partial charge in [0, 0.05) is 57.4 Å². The van der Waals surface area contributed by atoms with Crippen molar-refractivity contribution in [3.8, 4) is 0 Å². The molecule has 0 saturated carbocycles. The quantitative estimate of drug-likeness (QED) is 0.190. The Labute approximate surface area is 286 Å². The average molecular weight is 643 g/mol. The Bertz CT molecular complexity index is 2500. The van der Waals surface area contributed by atoms with Gasteiger partial charge in [-0.2, -0.15) is 0 Å². The van der Waals surface area contributed by atoms with Crippen molar-refractivity contribution in [2.45, 2.75) is 55.4 Å². The molecule has 0 radical (unpaired) electrons. The van der Waals surface area contributed by atoms with E-state index < -0.39 is 0 Å². The molecule has 5 aromatic rings. The molecule has 242 valence electrons. The second-order valence-electron chi connectivity index (χ2n) is 13.5. The largest absolute Gasteiger partial charge is 0.345 e. The topological polar surface area (TPSA) is 102 Å². The van der Waals surface area contributed by atoms with E-state index in [4.69, 9.17) is 25.0 Å². The number of aromatic nitrogens is 1. The summed E-state index contributed by atoms with van der Waals surface area (Å²) in [6.45, 7) is 17.0. The number of aromatic amines is 1. The standard InChI is InChI=1S/C41H38N8/c1-19-10-27-18-43-36(28(27)11-20(19)2)45-38-31-14-23(5)24(6)15-32(31)40(47-38)49-41-34-17-26(8)25(7)16-33(34)39(48-41)46-37-30-13-22(4)21(3)12-29(30)35(42-9)44-37/h10-18,43H,1-9H3,(H,42,44,45,46,47,48,49). The number of benzene rings is 4. The fraction of sp³-hybridized carbons (Fsp3) is 0.220. The summed E-state index contributed by atoms with van der Waals surface area (Å²) < 4.78 is 0. The monoisotopic (exact) mass is 642 g/mol. The summed E-state index contributed by atoms with van der Waals surface area (Å²) in [5.74, 6) is 4.77. The molecule has 8 rings (SSSR count). The first-order chi connectivity index (χ1) is 23.5. The van der Waals surface area contributed by atoms with Crippen LogP contribution in [0.2, 0.25) is 0 Å². The number of hydrogen-bond acceptors (Lipinski definition) is 4. The van der Waals surface area contributed by atoms with Crippen LogP contribution in [0.5, 0.6) is 0 Å². The van der Waals surface area contributed by atoms with Crippen LogP contribution in [-0.2, 0) is 0 Å². The van der Waals surface area contributed by atoms with Crippen molar-refractivity contribution in [3.63, 3.8) is 0 Å². The molecule has 8 heteroatoms. The molecule has 0 spiro atoms. The lowest BCUT2D eigenvalue weighted by Gasteiger charge is -2.07. The van der Waals surface area contributed by atoms with Gasteiger partial charge < -0.3 is 10.3 Å². The number of H-pyrrole nitrogens is 1. The molecule has 2 N–H and O–H groups in total. The highest BCUT2D eigenvalue weighted by molar-refractivity contribution is 6.34. The summed E-state index contributed by atoms with van der Waals surface area (Å²) in [7, 11) is 1.77. The highest BCUT2D eigenvalue weighted by Gasteiger charge is 2.30. The van der Waals surface area contributed by atoms with Crippen LogP contribution in [0.3, 0.4) is 0 Å². The van der Waals surface area contributed by atoms with Crippen molar-refractivity contribution < 1.29 is 0 Å². The Hall–Kier alpha value is -5.76. The van der Waals surface area contributed by atoms with Gasteiger partial charge in [0.1, 0.15) is 17.5 Å². The summed E-state index contributed by atoms with van der Waals surface area (Å²) in [5, 5.41) is 5.77. The Morgan fingerprint density at radius 3 is 1.43 bits per heavy atom. The van der Waals surface area contributed by atoms with Crippen molar-refractivity contribution in [2.75, 3.05) is 7.05 Å². The van der Waals surface area contributed by atoms with Crippen LogP contribution < -0.4 is 5.32 Å². The molecule has 4 heterocycles. The molecule has 0 atom stereocenters. The summed E-state index contributed by atoms with van der Waals surface area (Å²) >= 11 is 0. The van der Waals surface area contributed by atoms with Crippen molar-refractivity contribution >= 4 is 51.6 Å². The summed E-state index contributed by atoms with van der Waals surface area (Å²) in [4.78, 5) is 33.2. The lowest BCUT2D eigenvalue weighted by Crippen LogP contribution is -2.24. The smallest absolute Gasteiger partial charge is 0.164 e. The van der Waals surface area contributed by atoms with Gasteiger partial charge in [-0.3, -0.25) is 4.99 Å². The van der Waals surface area contributed by atoms with E-state index in [1.54, 1.807) is 7.05 Å². The van der Waals surface area contributed by atoms with E-state index in [-0.39, 0.29) is 0 Å². The summed E-state index contributed by atoms with van der Waals surface area (Å²) in [5.41, 5.74) is 15.5. The second-order valence-corrected chi connectivity index (χ2v) is 13.5. The van der Waals surface area contributed by atoms with Crippen LogP contribution in [0.1, 0.15) is 77.9 Å². The maximum atomic E-state index is 5.21. The van der Waals surface area contributed by atoms with Gasteiger partial charge in [0.25, 0.3) is 0 Å². The van der Waals surface area contributed by atoms with Crippen molar-refractivity contribution in [1.29, 1.82) is 0 Å². The highest BCUT2D eigenvalue weighted by atomic mass is 15.1. The molecule has 0 fully saturated rings. The van der Waals surface area contributed by atoms with Gasteiger partial charge in [0.05, 0.1) is 0 Å². The molecule has 1 aromatic heterocycles. The summed E-state index contributed by atoms with van der Waals surface area (Å²) in [6, 6.07) is 17.4. The van der Waals surface area contributed by atoms with E-state index in [1.165, 1.54) is 44.5 Å². The molecule has 0 unspecified atom stereocenters. The number of hydrogen-bond donors (Lipinski definition) is 2. The van der Waals surface area contributed by atoms with Gasteiger partial charge in [-0.15, -0.1) is 0 Å². The second kappa shape index (κ2) is 11.2. The van der Waals surface area contributed by atoms with E-state index in [9.17, 15) is 0 Å². The molecule has 0 amide bonds. The molecular weight excluding hydrogens is 605 g/mol. The van der Waals surface area contributed by atoms with Crippen LogP contribution >= 0.6 is 0 Å². The molecule has 0 aliphatic carbocycles. The van der Waals surface area contributed by atoms with Gasteiger partial charge in [-0.05, 0) is 148 Å². The van der Waals surface area contributed by atoms with Crippen LogP contribution in [0.15, 0.2) is 84.7 Å². The molecule has 3 aliphatic heterocycles. The van der Waals surface area contributed by atoms with E-state index in [0.29, 0.717) is 35.0 Å². The van der Waals surface area contributed by atoms with E-state index >= 15 is 0 Å². The van der Waals surface area contributed by atoms with E-state index in [1.807, 2.05) is 6.20 Å². The van der Waals surface area contributed by atoms with Gasteiger partial charge in [-0.1, -0.05) is 0 Å². The first-order valence-corrected chi connectivity index (χ1v) is 16.6. The molecule has 4 aromatic carbocycles. The van der Waals surface area contributed by atoms with Crippen LogP contribution in [0, 0.1) is 55.4 Å². The normalized spacial score (nSPS) is 18.1. The van der Waals surface area contributed by atoms with Crippen LogP contribution in [-0.4, -0.2) is 47.0 Å². The summed E-state index contributed by atoms with van der Waals surface area (Å²) in [6.07, 6.45) is 2.01. The van der Waals surface area contributed by atoms with Gasteiger partial charge >= 0.3 is 0 Å². The fourth-order valence-corrected chi connectivity index (χ4v) is 6.67. The number of nitrogens with zero attached hydrogens (tertiary/aromatic N) is 6. The third-order valence-corrected chi connectivity index (χ3v) is 10.2. The lowest BCUT2D eigenvalue weighted by molar-refractivity contribution is 1.31. The molecule has 0 bridgehead atoms. The third-order valence-electron chi connectivity index (χ3n) is 10.2. The Morgan fingerprint density at radius 1 is 0.469 bits per heavy atom. The minimum Gasteiger partial charge on any atom is -0.345 e. The Morgan fingerprint density at radius 2 is 0.898 bits per heavy atom. The number of nitrogens with one attached hydrogen (secondary N) is 2. The molecular formula is C41H38N8.